The topological polar surface area (TPSA) is 16.1 Å². The lowest BCUT2D eigenvalue weighted by Crippen LogP contribution is -2.35. The van der Waals surface area contributed by atoms with Gasteiger partial charge in [0.15, 0.2) is 0 Å². The number of aromatic nitrogens is 1. The van der Waals surface area contributed by atoms with Crippen molar-refractivity contribution in [3.05, 3.63) is 16.6 Å². The molecule has 1 heterocycles. The highest BCUT2D eigenvalue weighted by Crippen LogP contribution is 2.14. The Bertz CT molecular complexity index is 247. The van der Waals surface area contributed by atoms with Gasteiger partial charge in [-0.15, -0.1) is 22.9 Å². The second-order valence-corrected chi connectivity index (χ2v) is 4.91. The molecule has 86 valence electrons. The minimum atomic E-state index is 0.632. The maximum Gasteiger partial charge on any atom is 0.107 e. The summed E-state index contributed by atoms with van der Waals surface area (Å²) < 4.78 is 0. The Hall–Kier alpha value is -0.120. The van der Waals surface area contributed by atoms with Crippen LogP contribution in [0, 0.1) is 0 Å². The standard InChI is InChI=1S/C11H19ClN2S/c1-3-10(4-2)14(7-5-12)9-11-13-6-8-15-11/h6,8,10H,3-5,7,9H2,1-2H3. The smallest absolute Gasteiger partial charge is 0.107 e. The molecule has 1 aromatic heterocycles. The van der Waals surface area contributed by atoms with E-state index in [0.29, 0.717) is 11.9 Å². The summed E-state index contributed by atoms with van der Waals surface area (Å²) in [7, 11) is 0. The van der Waals surface area contributed by atoms with Crippen LogP contribution in [-0.2, 0) is 6.54 Å². The van der Waals surface area contributed by atoms with Crippen LogP contribution >= 0.6 is 22.9 Å². The van der Waals surface area contributed by atoms with E-state index in [9.17, 15) is 0 Å². The minimum absolute atomic E-state index is 0.632. The minimum Gasteiger partial charge on any atom is -0.293 e. The van der Waals surface area contributed by atoms with Crippen molar-refractivity contribution in [1.29, 1.82) is 0 Å². The molecule has 0 saturated carbocycles. The van der Waals surface area contributed by atoms with Crippen molar-refractivity contribution in [3.63, 3.8) is 0 Å². The number of halogens is 1. The third-order valence-electron chi connectivity index (χ3n) is 2.65. The molecule has 2 nitrogen and oxygen atoms in total. The zero-order chi connectivity index (χ0) is 11.1. The Morgan fingerprint density at radius 1 is 1.47 bits per heavy atom. The van der Waals surface area contributed by atoms with Crippen molar-refractivity contribution >= 4 is 22.9 Å². The first-order valence-electron chi connectivity index (χ1n) is 5.50. The normalized spacial score (nSPS) is 11.5. The predicted octanol–water partition coefficient (Wildman–Crippen LogP) is 3.37. The Morgan fingerprint density at radius 2 is 2.20 bits per heavy atom. The molecule has 1 aromatic rings. The average Bonchev–Trinajstić information content (AvgIpc) is 2.72. The van der Waals surface area contributed by atoms with Crippen molar-refractivity contribution in [2.75, 3.05) is 12.4 Å². The van der Waals surface area contributed by atoms with E-state index in [2.05, 4.69) is 23.7 Å². The van der Waals surface area contributed by atoms with Crippen molar-refractivity contribution in [2.45, 2.75) is 39.3 Å². The van der Waals surface area contributed by atoms with E-state index in [-0.39, 0.29) is 0 Å². The van der Waals surface area contributed by atoms with Crippen LogP contribution in [0.25, 0.3) is 0 Å². The van der Waals surface area contributed by atoms with Crippen molar-refractivity contribution in [1.82, 2.24) is 9.88 Å². The van der Waals surface area contributed by atoms with Crippen molar-refractivity contribution in [3.8, 4) is 0 Å². The van der Waals surface area contributed by atoms with Crippen LogP contribution < -0.4 is 0 Å². The largest absolute Gasteiger partial charge is 0.293 e. The van der Waals surface area contributed by atoms with Gasteiger partial charge in [0.25, 0.3) is 0 Å². The van der Waals surface area contributed by atoms with E-state index in [1.54, 1.807) is 11.3 Å². The molecule has 0 unspecified atom stereocenters. The molecule has 4 heteroatoms. The first-order valence-corrected chi connectivity index (χ1v) is 6.91. The lowest BCUT2D eigenvalue weighted by Gasteiger charge is -2.28. The first-order chi connectivity index (χ1) is 7.31. The fraction of sp³-hybridized carbons (Fsp3) is 0.727. The van der Waals surface area contributed by atoms with E-state index >= 15 is 0 Å². The van der Waals surface area contributed by atoms with E-state index in [1.165, 1.54) is 17.8 Å². The molecule has 0 amide bonds. The number of nitrogens with zero attached hydrogens (tertiary/aromatic N) is 2. The maximum absolute atomic E-state index is 5.84. The second kappa shape index (κ2) is 7.20. The zero-order valence-electron chi connectivity index (χ0n) is 9.45. The van der Waals surface area contributed by atoms with Gasteiger partial charge in [0.05, 0.1) is 6.54 Å². The highest BCUT2D eigenvalue weighted by Gasteiger charge is 2.15. The van der Waals surface area contributed by atoms with Crippen molar-refractivity contribution < 1.29 is 0 Å². The molecule has 0 radical (unpaired) electrons. The first kappa shape index (κ1) is 12.9. The van der Waals surface area contributed by atoms with Crippen LogP contribution in [0.3, 0.4) is 0 Å². The van der Waals surface area contributed by atoms with Crippen LogP contribution in [0.2, 0.25) is 0 Å². The van der Waals surface area contributed by atoms with Gasteiger partial charge in [0.2, 0.25) is 0 Å². The molecule has 0 atom stereocenters. The Labute approximate surface area is 101 Å². The summed E-state index contributed by atoms with van der Waals surface area (Å²) in [6.07, 6.45) is 4.23. The molecule has 1 rings (SSSR count). The Morgan fingerprint density at radius 3 is 2.67 bits per heavy atom. The quantitative estimate of drug-likeness (QED) is 0.686. The van der Waals surface area contributed by atoms with Gasteiger partial charge in [-0.2, -0.15) is 0 Å². The van der Waals surface area contributed by atoms with Crippen molar-refractivity contribution in [2.24, 2.45) is 0 Å². The summed E-state index contributed by atoms with van der Waals surface area (Å²) in [4.78, 5) is 6.76. The molecule has 0 aliphatic carbocycles. The summed E-state index contributed by atoms with van der Waals surface area (Å²) in [5.74, 6) is 0.696. The molecule has 0 aliphatic rings. The van der Waals surface area contributed by atoms with Gasteiger partial charge >= 0.3 is 0 Å². The van der Waals surface area contributed by atoms with Gasteiger partial charge in [0, 0.05) is 30.0 Å². The van der Waals surface area contributed by atoms with E-state index in [1.807, 2.05) is 11.6 Å². The van der Waals surface area contributed by atoms with E-state index in [0.717, 1.165) is 13.1 Å². The predicted molar refractivity (Wildman–Crippen MR) is 67.6 cm³/mol. The van der Waals surface area contributed by atoms with Crippen LogP contribution in [0.4, 0.5) is 0 Å². The van der Waals surface area contributed by atoms with Gasteiger partial charge in [0.1, 0.15) is 5.01 Å². The number of thiazole rings is 1. The number of hydrogen-bond donors (Lipinski definition) is 0. The van der Waals surface area contributed by atoms with Crippen LogP contribution in [0.5, 0.6) is 0 Å². The lowest BCUT2D eigenvalue weighted by atomic mass is 10.1. The number of alkyl halides is 1. The molecule has 0 aromatic carbocycles. The lowest BCUT2D eigenvalue weighted by molar-refractivity contribution is 0.188. The van der Waals surface area contributed by atoms with Gasteiger partial charge in [-0.25, -0.2) is 4.98 Å². The molecule has 0 spiro atoms. The van der Waals surface area contributed by atoms with Gasteiger partial charge in [-0.3, -0.25) is 4.90 Å². The van der Waals surface area contributed by atoms with E-state index in [4.69, 9.17) is 11.6 Å². The molecule has 15 heavy (non-hydrogen) atoms. The summed E-state index contributed by atoms with van der Waals surface area (Å²) in [5.41, 5.74) is 0. The molecular weight excluding hydrogens is 228 g/mol. The maximum atomic E-state index is 5.84. The molecule has 0 bridgehead atoms. The fourth-order valence-corrected chi connectivity index (χ4v) is 2.67. The molecule has 0 aliphatic heterocycles. The summed E-state index contributed by atoms with van der Waals surface area (Å²) >= 11 is 7.56. The monoisotopic (exact) mass is 246 g/mol. The summed E-state index contributed by atoms with van der Waals surface area (Å²) in [5, 5.41) is 3.22. The average molecular weight is 247 g/mol. The van der Waals surface area contributed by atoms with Gasteiger partial charge < -0.3 is 0 Å². The van der Waals surface area contributed by atoms with Crippen LogP contribution in [-0.4, -0.2) is 28.4 Å². The number of rotatable bonds is 7. The Balaban J connectivity index is 2.56. The fourth-order valence-electron chi connectivity index (χ4n) is 1.81. The van der Waals surface area contributed by atoms with Crippen LogP contribution in [0.15, 0.2) is 11.6 Å². The molecular formula is C11H19ClN2S. The summed E-state index contributed by atoms with van der Waals surface area (Å²) in [6.45, 7) is 6.36. The van der Waals surface area contributed by atoms with E-state index < -0.39 is 0 Å². The van der Waals surface area contributed by atoms with Crippen LogP contribution in [0.1, 0.15) is 31.7 Å². The Kier molecular flexibility index (Phi) is 6.22. The third kappa shape index (κ3) is 4.09. The SMILES string of the molecule is CCC(CC)N(CCCl)Cc1nccs1. The highest BCUT2D eigenvalue weighted by atomic mass is 35.5. The third-order valence-corrected chi connectivity index (χ3v) is 3.59. The molecule has 0 fully saturated rings. The number of hydrogen-bond acceptors (Lipinski definition) is 3. The van der Waals surface area contributed by atoms with Gasteiger partial charge in [-0.1, -0.05) is 13.8 Å². The second-order valence-electron chi connectivity index (χ2n) is 3.56. The highest BCUT2D eigenvalue weighted by molar-refractivity contribution is 7.09. The summed E-state index contributed by atoms with van der Waals surface area (Å²) in [6, 6.07) is 0.632. The van der Waals surface area contributed by atoms with Gasteiger partial charge in [-0.05, 0) is 12.8 Å². The zero-order valence-corrected chi connectivity index (χ0v) is 11.0. The molecule has 0 saturated heterocycles. The molecule has 0 N–H and O–H groups in total.